The van der Waals surface area contributed by atoms with Gasteiger partial charge in [-0.1, -0.05) is 206 Å². The Bertz CT molecular complexity index is 3770. The molecule has 1 aliphatic carbocycles. The smallest absolute Gasteiger partial charge is 0.126 e. The second kappa shape index (κ2) is 16.2. The van der Waals surface area contributed by atoms with Gasteiger partial charge in [0.15, 0.2) is 0 Å². The molecule has 0 N–H and O–H groups in total. The van der Waals surface area contributed by atoms with Crippen LogP contribution in [-0.2, 0) is 10.8 Å². The number of rotatable bonds is 6. The van der Waals surface area contributed by atoms with Crippen molar-refractivity contribution < 1.29 is 0 Å². The molecule has 0 radical (unpaired) electrons. The minimum atomic E-state index is -0.691. The Hall–Kier alpha value is -9.12. The van der Waals surface area contributed by atoms with E-state index in [2.05, 4.69) is 265 Å². The summed E-state index contributed by atoms with van der Waals surface area (Å²) in [6.07, 6.45) is 0. The van der Waals surface area contributed by atoms with Gasteiger partial charge in [-0.25, -0.2) is 9.97 Å². The lowest BCUT2D eigenvalue weighted by molar-refractivity contribution is 0.730. The molecule has 0 bridgehead atoms. The first-order chi connectivity index (χ1) is 35.6. The molecule has 3 aliphatic rings. The van der Waals surface area contributed by atoms with E-state index in [1.807, 2.05) is 13.0 Å². The van der Waals surface area contributed by atoms with E-state index in [1.54, 1.807) is 0 Å². The summed E-state index contributed by atoms with van der Waals surface area (Å²) >= 11 is 0. The molecule has 0 atom stereocenters. The van der Waals surface area contributed by atoms with Gasteiger partial charge in [0.1, 0.15) is 5.82 Å². The van der Waals surface area contributed by atoms with Crippen LogP contribution in [0.15, 0.2) is 255 Å². The van der Waals surface area contributed by atoms with E-state index in [4.69, 9.17) is 9.97 Å². The van der Waals surface area contributed by atoms with Crippen molar-refractivity contribution in [3.05, 3.63) is 311 Å². The minimum Gasteiger partial charge on any atom is -0.310 e. The van der Waals surface area contributed by atoms with E-state index in [-0.39, 0.29) is 0 Å². The van der Waals surface area contributed by atoms with Gasteiger partial charge < -0.3 is 9.80 Å². The lowest BCUT2D eigenvalue weighted by atomic mass is 9.62. The van der Waals surface area contributed by atoms with Crippen molar-refractivity contribution in [1.82, 2.24) is 9.97 Å². The normalized spacial score (nSPS) is 14.1. The average molecular weight is 921 g/mol. The van der Waals surface area contributed by atoms with Gasteiger partial charge in [-0.3, -0.25) is 0 Å². The van der Waals surface area contributed by atoms with Gasteiger partial charge in [0.25, 0.3) is 0 Å². The summed E-state index contributed by atoms with van der Waals surface area (Å²) in [6, 6.07) is 94.1. The summed E-state index contributed by atoms with van der Waals surface area (Å²) < 4.78 is 0. The summed E-state index contributed by atoms with van der Waals surface area (Å²) in [7, 11) is 0. The summed E-state index contributed by atoms with van der Waals surface area (Å²) in [4.78, 5) is 14.9. The first-order valence-corrected chi connectivity index (χ1v) is 24.9. The van der Waals surface area contributed by atoms with Crippen LogP contribution in [0, 0.1) is 13.8 Å². The van der Waals surface area contributed by atoms with E-state index in [9.17, 15) is 0 Å². The molecule has 3 heterocycles. The van der Waals surface area contributed by atoms with E-state index < -0.39 is 10.8 Å². The van der Waals surface area contributed by atoms with Gasteiger partial charge in [-0.05, 0) is 118 Å². The largest absolute Gasteiger partial charge is 0.310 e. The van der Waals surface area contributed by atoms with Crippen LogP contribution in [0.1, 0.15) is 55.9 Å². The van der Waals surface area contributed by atoms with Crippen LogP contribution in [0.2, 0.25) is 0 Å². The second-order valence-electron chi connectivity index (χ2n) is 19.3. The van der Waals surface area contributed by atoms with Gasteiger partial charge in [-0.15, -0.1) is 0 Å². The van der Waals surface area contributed by atoms with Crippen molar-refractivity contribution in [2.24, 2.45) is 0 Å². The van der Waals surface area contributed by atoms with Gasteiger partial charge in [-0.2, -0.15) is 0 Å². The summed E-state index contributed by atoms with van der Waals surface area (Å²) in [5.74, 6) is 0.752. The average Bonchev–Trinajstić information content (AvgIpc) is 3.74. The highest BCUT2D eigenvalue weighted by molar-refractivity contribution is 5.97. The molecule has 1 aromatic heterocycles. The number of fused-ring (bicyclic) bond motifs is 11. The van der Waals surface area contributed by atoms with Crippen molar-refractivity contribution in [3.8, 4) is 33.6 Å². The maximum absolute atomic E-state index is 5.00. The van der Waals surface area contributed by atoms with E-state index >= 15 is 0 Å². The molecule has 0 unspecified atom stereocenters. The molecule has 1 spiro atoms. The predicted octanol–water partition coefficient (Wildman–Crippen LogP) is 16.7. The van der Waals surface area contributed by atoms with Crippen molar-refractivity contribution in [2.75, 3.05) is 9.80 Å². The van der Waals surface area contributed by atoms with E-state index in [0.717, 1.165) is 56.7 Å². The van der Waals surface area contributed by atoms with Crippen LogP contribution < -0.4 is 9.80 Å². The zero-order valence-corrected chi connectivity index (χ0v) is 40.0. The van der Waals surface area contributed by atoms with Crippen molar-refractivity contribution in [1.29, 1.82) is 0 Å². The Balaban J connectivity index is 0.949. The highest BCUT2D eigenvalue weighted by atomic mass is 15.2. The first-order valence-electron chi connectivity index (χ1n) is 24.9. The minimum absolute atomic E-state index is 0.486. The number of aromatic nitrogens is 2. The molecule has 72 heavy (non-hydrogen) atoms. The van der Waals surface area contributed by atoms with Gasteiger partial charge in [0.2, 0.25) is 0 Å². The number of aryl methyl sites for hydroxylation is 1. The topological polar surface area (TPSA) is 32.3 Å². The Kier molecular flexibility index (Phi) is 9.43. The molecule has 340 valence electrons. The van der Waals surface area contributed by atoms with Crippen LogP contribution in [0.5, 0.6) is 0 Å². The van der Waals surface area contributed by atoms with Crippen LogP contribution >= 0.6 is 0 Å². The monoisotopic (exact) mass is 920 g/mol. The van der Waals surface area contributed by atoms with Crippen molar-refractivity contribution in [3.63, 3.8) is 0 Å². The Morgan fingerprint density at radius 3 is 1.21 bits per heavy atom. The third kappa shape index (κ3) is 5.87. The maximum atomic E-state index is 5.00. The fourth-order valence-corrected chi connectivity index (χ4v) is 12.8. The van der Waals surface area contributed by atoms with Crippen molar-refractivity contribution in [2.45, 2.75) is 24.7 Å². The molecule has 0 amide bonds. The number of benzene rings is 10. The zero-order valence-electron chi connectivity index (χ0n) is 40.0. The number of anilines is 6. The van der Waals surface area contributed by atoms with Crippen molar-refractivity contribution >= 4 is 34.1 Å². The van der Waals surface area contributed by atoms with Crippen LogP contribution in [0.3, 0.4) is 0 Å². The second-order valence-corrected chi connectivity index (χ2v) is 19.3. The van der Waals surface area contributed by atoms with Gasteiger partial charge >= 0.3 is 0 Å². The summed E-state index contributed by atoms with van der Waals surface area (Å²) in [5, 5.41) is 0. The Labute approximate surface area is 420 Å². The summed E-state index contributed by atoms with van der Waals surface area (Å²) in [6.45, 7) is 4.11. The number of nitrogens with zero attached hydrogens (tertiary/aromatic N) is 4. The lowest BCUT2D eigenvalue weighted by Gasteiger charge is -2.47. The highest BCUT2D eigenvalue weighted by Gasteiger charge is 2.52. The summed E-state index contributed by atoms with van der Waals surface area (Å²) in [5.41, 5.74) is 23.4. The zero-order chi connectivity index (χ0) is 48.0. The Morgan fingerprint density at radius 1 is 0.306 bits per heavy atom. The van der Waals surface area contributed by atoms with Crippen LogP contribution in [0.4, 0.5) is 34.1 Å². The molecule has 2 aliphatic heterocycles. The molecule has 14 rings (SSSR count). The maximum Gasteiger partial charge on any atom is 0.126 e. The molecular weight excluding hydrogens is 873 g/mol. The van der Waals surface area contributed by atoms with E-state index in [1.165, 1.54) is 67.0 Å². The lowest BCUT2D eigenvalue weighted by Crippen LogP contribution is -2.38. The number of para-hydroxylation sites is 4. The van der Waals surface area contributed by atoms with E-state index in [0.29, 0.717) is 0 Å². The molecular formula is C68H48N4. The predicted molar refractivity (Wildman–Crippen MR) is 294 cm³/mol. The fourth-order valence-electron chi connectivity index (χ4n) is 12.8. The molecule has 0 saturated heterocycles. The van der Waals surface area contributed by atoms with Crippen LogP contribution in [0.25, 0.3) is 33.6 Å². The quantitative estimate of drug-likeness (QED) is 0.166. The standard InChI is InChI=1S/C68H48N4/c1-45-65(47-22-5-3-6-23-47)69-46(2)70-66(45)48-40-42-51(43-41-48)71-61-36-17-13-32-57(61)67(49-24-7-4-8-25-49,58-33-14-18-37-62(58)71)50-26-21-27-52(44-50)72-63-38-19-15-34-59(63)68(60-35-16-20-39-64(60)72)55-30-11-9-28-53(55)54-29-10-12-31-56(54)68/h3-44H,1-2H3. The molecule has 4 nitrogen and oxygen atoms in total. The van der Waals surface area contributed by atoms with Gasteiger partial charge in [0, 0.05) is 28.1 Å². The molecule has 0 saturated carbocycles. The molecule has 0 fully saturated rings. The highest BCUT2D eigenvalue weighted by Crippen LogP contribution is 2.64. The SMILES string of the molecule is Cc1nc(-c2ccccc2)c(C)c(-c2ccc(N3c4ccccc4C(c4ccccc4)(c4cccc(N5c6ccccc6C6(c7ccccc7-c7ccccc76)c6ccccc65)c4)c4ccccc43)cc2)n1. The molecule has 4 heteroatoms. The molecule has 11 aromatic rings. The number of hydrogen-bond donors (Lipinski definition) is 0. The third-order valence-electron chi connectivity index (χ3n) is 15.6. The first kappa shape index (κ1) is 41.8. The Morgan fingerprint density at radius 2 is 0.694 bits per heavy atom. The number of hydrogen-bond acceptors (Lipinski definition) is 4. The molecule has 10 aromatic carbocycles. The van der Waals surface area contributed by atoms with Crippen LogP contribution in [-0.4, -0.2) is 9.97 Å². The fraction of sp³-hybridized carbons (Fsp3) is 0.0588. The third-order valence-corrected chi connectivity index (χ3v) is 15.6. The van der Waals surface area contributed by atoms with Gasteiger partial charge in [0.05, 0.1) is 45.0 Å².